The molecule has 5 heteroatoms. The van der Waals surface area contributed by atoms with Crippen molar-refractivity contribution in [2.75, 3.05) is 0 Å². The summed E-state index contributed by atoms with van der Waals surface area (Å²) in [4.78, 5) is 23.6. The molecule has 0 atom stereocenters. The quantitative estimate of drug-likeness (QED) is 0.821. The van der Waals surface area contributed by atoms with Gasteiger partial charge in [-0.2, -0.15) is 0 Å². The summed E-state index contributed by atoms with van der Waals surface area (Å²) in [7, 11) is 0. The Balaban J connectivity index is 1.92. The van der Waals surface area contributed by atoms with Gasteiger partial charge in [0, 0.05) is 17.0 Å². The van der Waals surface area contributed by atoms with E-state index in [1.807, 2.05) is 0 Å². The fraction of sp³-hybridized carbons (Fsp3) is 0.385. The van der Waals surface area contributed by atoms with Gasteiger partial charge in [-0.05, 0) is 37.0 Å². The van der Waals surface area contributed by atoms with Gasteiger partial charge in [0.25, 0.3) is 5.91 Å². The van der Waals surface area contributed by atoms with Gasteiger partial charge in [0.1, 0.15) is 0 Å². The van der Waals surface area contributed by atoms with Gasteiger partial charge in [0.05, 0.1) is 4.88 Å². The molecule has 0 bridgehead atoms. The van der Waals surface area contributed by atoms with Crippen LogP contribution in [0, 0.1) is 5.92 Å². The average molecular weight is 265 g/mol. The Labute approximate surface area is 109 Å². The second-order valence-electron chi connectivity index (χ2n) is 4.62. The van der Waals surface area contributed by atoms with Gasteiger partial charge in [0.15, 0.2) is 0 Å². The Morgan fingerprint density at radius 1 is 1.44 bits per heavy atom. The van der Waals surface area contributed by atoms with E-state index < -0.39 is 5.97 Å². The van der Waals surface area contributed by atoms with Crippen molar-refractivity contribution in [2.24, 2.45) is 5.92 Å². The number of carbonyl (C=O) groups excluding carboxylic acids is 1. The molecule has 96 valence electrons. The molecule has 1 heterocycles. The Morgan fingerprint density at radius 3 is 2.78 bits per heavy atom. The molecule has 1 aliphatic rings. The van der Waals surface area contributed by atoms with Gasteiger partial charge in [0.2, 0.25) is 0 Å². The van der Waals surface area contributed by atoms with E-state index in [9.17, 15) is 9.59 Å². The zero-order chi connectivity index (χ0) is 13.1. The molecule has 1 fully saturated rings. The van der Waals surface area contributed by atoms with Crippen molar-refractivity contribution in [3.63, 3.8) is 0 Å². The third-order valence-corrected chi connectivity index (χ3v) is 4.00. The Hall–Kier alpha value is -1.62. The highest BCUT2D eigenvalue weighted by molar-refractivity contribution is 7.14. The lowest BCUT2D eigenvalue weighted by atomic mass is 9.82. The lowest BCUT2D eigenvalue weighted by Gasteiger charge is -2.33. The third kappa shape index (κ3) is 3.20. The highest BCUT2D eigenvalue weighted by Gasteiger charge is 2.27. The topological polar surface area (TPSA) is 66.4 Å². The number of nitrogens with one attached hydrogen (secondary N) is 1. The highest BCUT2D eigenvalue weighted by atomic mass is 32.1. The number of hydrogen-bond acceptors (Lipinski definition) is 3. The monoisotopic (exact) mass is 265 g/mol. The van der Waals surface area contributed by atoms with Crippen LogP contribution in [0.3, 0.4) is 0 Å². The molecule has 4 nitrogen and oxygen atoms in total. The molecule has 0 aliphatic heterocycles. The first-order chi connectivity index (χ1) is 8.54. The molecule has 0 aromatic carbocycles. The molecular weight excluding hydrogens is 250 g/mol. The Bertz CT molecular complexity index is 486. The van der Waals surface area contributed by atoms with Gasteiger partial charge in [-0.25, -0.2) is 4.79 Å². The van der Waals surface area contributed by atoms with Gasteiger partial charge < -0.3 is 10.4 Å². The van der Waals surface area contributed by atoms with Crippen molar-refractivity contribution in [3.8, 4) is 0 Å². The van der Waals surface area contributed by atoms with Crippen LogP contribution in [0.5, 0.6) is 0 Å². The van der Waals surface area contributed by atoms with E-state index in [0.29, 0.717) is 16.8 Å². The smallest absolute Gasteiger partial charge is 0.328 e. The molecule has 0 saturated heterocycles. The summed E-state index contributed by atoms with van der Waals surface area (Å²) < 4.78 is 0. The van der Waals surface area contributed by atoms with E-state index in [1.54, 1.807) is 12.1 Å². The molecule has 1 aromatic heterocycles. The van der Waals surface area contributed by atoms with Crippen molar-refractivity contribution >= 4 is 29.3 Å². The summed E-state index contributed by atoms with van der Waals surface area (Å²) in [6.07, 6.45) is 4.65. The standard InChI is InChI=1S/C13H15NO3S/c1-8-6-9(7-8)14-13(17)11-4-2-10(18-11)3-5-12(15)16/h2-5,8-9H,6-7H2,1H3,(H,14,17)(H,15,16)/b5-3+. The minimum atomic E-state index is -0.988. The predicted octanol–water partition coefficient (Wildman–Crippen LogP) is 2.37. The van der Waals surface area contributed by atoms with Crippen molar-refractivity contribution in [1.82, 2.24) is 5.32 Å². The van der Waals surface area contributed by atoms with Crippen LogP contribution < -0.4 is 5.32 Å². The van der Waals surface area contributed by atoms with Crippen LogP contribution >= 0.6 is 11.3 Å². The number of thiophene rings is 1. The van der Waals surface area contributed by atoms with Crippen molar-refractivity contribution in [3.05, 3.63) is 28.0 Å². The largest absolute Gasteiger partial charge is 0.478 e. The maximum absolute atomic E-state index is 11.9. The number of carboxylic acids is 1. The van der Waals surface area contributed by atoms with Crippen molar-refractivity contribution in [1.29, 1.82) is 0 Å². The normalized spacial score (nSPS) is 22.7. The summed E-state index contributed by atoms with van der Waals surface area (Å²) in [6, 6.07) is 3.78. The first-order valence-electron chi connectivity index (χ1n) is 5.86. The van der Waals surface area contributed by atoms with Gasteiger partial charge in [-0.3, -0.25) is 4.79 Å². The second kappa shape index (κ2) is 5.35. The molecule has 2 rings (SSSR count). The number of carbonyl (C=O) groups is 2. The zero-order valence-electron chi connectivity index (χ0n) is 10.1. The van der Waals surface area contributed by atoms with Crippen LogP contribution in [0.25, 0.3) is 6.08 Å². The highest BCUT2D eigenvalue weighted by Crippen LogP contribution is 2.27. The van der Waals surface area contributed by atoms with Crippen molar-refractivity contribution < 1.29 is 14.7 Å². The van der Waals surface area contributed by atoms with Crippen LogP contribution in [0.4, 0.5) is 0 Å². The molecule has 0 spiro atoms. The maximum atomic E-state index is 11.9. The molecule has 2 N–H and O–H groups in total. The van der Waals surface area contributed by atoms with E-state index in [1.165, 1.54) is 17.4 Å². The average Bonchev–Trinajstić information content (AvgIpc) is 2.72. The summed E-state index contributed by atoms with van der Waals surface area (Å²) >= 11 is 1.30. The van der Waals surface area contributed by atoms with E-state index >= 15 is 0 Å². The summed E-state index contributed by atoms with van der Waals surface area (Å²) in [5.41, 5.74) is 0. The summed E-state index contributed by atoms with van der Waals surface area (Å²) in [5, 5.41) is 11.5. The van der Waals surface area contributed by atoms with Crippen LogP contribution in [-0.4, -0.2) is 23.0 Å². The van der Waals surface area contributed by atoms with Gasteiger partial charge in [-0.1, -0.05) is 6.92 Å². The Morgan fingerprint density at radius 2 is 2.17 bits per heavy atom. The van der Waals surface area contributed by atoms with Gasteiger partial charge >= 0.3 is 5.97 Å². The minimum Gasteiger partial charge on any atom is -0.478 e. The minimum absolute atomic E-state index is 0.0631. The lowest BCUT2D eigenvalue weighted by Crippen LogP contribution is -2.43. The fourth-order valence-electron chi connectivity index (χ4n) is 1.99. The van der Waals surface area contributed by atoms with Crippen molar-refractivity contribution in [2.45, 2.75) is 25.8 Å². The van der Waals surface area contributed by atoms with E-state index in [2.05, 4.69) is 12.2 Å². The molecule has 1 amide bonds. The number of hydrogen-bond donors (Lipinski definition) is 2. The second-order valence-corrected chi connectivity index (χ2v) is 5.74. The molecule has 1 saturated carbocycles. The molecule has 18 heavy (non-hydrogen) atoms. The van der Waals surface area contributed by atoms with E-state index in [0.717, 1.165) is 23.8 Å². The summed E-state index contributed by atoms with van der Waals surface area (Å²) in [5.74, 6) is -0.350. The van der Waals surface area contributed by atoms with E-state index in [-0.39, 0.29) is 5.91 Å². The number of aliphatic carboxylic acids is 1. The molecule has 0 radical (unpaired) electrons. The van der Waals surface area contributed by atoms with Gasteiger partial charge in [-0.15, -0.1) is 11.3 Å². The molecule has 1 aliphatic carbocycles. The predicted molar refractivity (Wildman–Crippen MR) is 70.6 cm³/mol. The lowest BCUT2D eigenvalue weighted by molar-refractivity contribution is -0.131. The van der Waals surface area contributed by atoms with Crippen LogP contribution in [0.1, 0.15) is 34.3 Å². The molecule has 0 unspecified atom stereocenters. The molecule has 1 aromatic rings. The number of rotatable bonds is 4. The maximum Gasteiger partial charge on any atom is 0.328 e. The first kappa shape index (κ1) is 12.8. The SMILES string of the molecule is CC1CC(NC(=O)c2ccc(/C=C/C(=O)O)s2)C1. The fourth-order valence-corrected chi connectivity index (χ4v) is 2.81. The van der Waals surface area contributed by atoms with Crippen LogP contribution in [0.15, 0.2) is 18.2 Å². The molecular formula is C13H15NO3S. The number of carboxylic acid groups (broad SMARTS) is 1. The third-order valence-electron chi connectivity index (χ3n) is 2.95. The summed E-state index contributed by atoms with van der Waals surface area (Å²) in [6.45, 7) is 2.17. The Kier molecular flexibility index (Phi) is 3.81. The van der Waals surface area contributed by atoms with Crippen LogP contribution in [0.2, 0.25) is 0 Å². The van der Waals surface area contributed by atoms with Crippen LogP contribution in [-0.2, 0) is 4.79 Å². The first-order valence-corrected chi connectivity index (χ1v) is 6.68. The number of amides is 1. The zero-order valence-corrected chi connectivity index (χ0v) is 10.9. The van der Waals surface area contributed by atoms with E-state index in [4.69, 9.17) is 5.11 Å².